The molecule has 0 radical (unpaired) electrons. The van der Waals surface area contributed by atoms with Gasteiger partial charge in [-0.2, -0.15) is 0 Å². The van der Waals surface area contributed by atoms with Crippen LogP contribution in [-0.4, -0.2) is 9.55 Å². The van der Waals surface area contributed by atoms with Gasteiger partial charge in [-0.05, 0) is 37.0 Å². The highest BCUT2D eigenvalue weighted by atomic mass is 15.1. The molecule has 2 nitrogen and oxygen atoms in total. The third kappa shape index (κ3) is 4.43. The Bertz CT molecular complexity index is 797. The molecule has 1 heterocycles. The molecule has 26 heavy (non-hydrogen) atoms. The van der Waals surface area contributed by atoms with Gasteiger partial charge in [0.2, 0.25) is 0 Å². The molecule has 0 aliphatic heterocycles. The molecular weight excluding hydrogens is 316 g/mol. The molecule has 0 aliphatic rings. The first kappa shape index (κ1) is 18.4. The van der Waals surface area contributed by atoms with Gasteiger partial charge >= 0.3 is 0 Å². The molecule has 0 N–H and O–H groups in total. The van der Waals surface area contributed by atoms with Gasteiger partial charge in [0, 0.05) is 23.6 Å². The third-order valence-electron chi connectivity index (χ3n) is 5.23. The van der Waals surface area contributed by atoms with Crippen molar-refractivity contribution in [2.24, 2.45) is 5.92 Å². The summed E-state index contributed by atoms with van der Waals surface area (Å²) in [5, 5.41) is 0. The smallest absolute Gasteiger partial charge is 0.144 e. The predicted octanol–water partition coefficient (Wildman–Crippen LogP) is 6.61. The predicted molar refractivity (Wildman–Crippen MR) is 111 cm³/mol. The van der Waals surface area contributed by atoms with Gasteiger partial charge in [0.05, 0.1) is 0 Å². The van der Waals surface area contributed by atoms with E-state index in [0.717, 1.165) is 17.3 Å². The van der Waals surface area contributed by atoms with Crippen LogP contribution in [0.25, 0.3) is 17.1 Å². The van der Waals surface area contributed by atoms with Gasteiger partial charge < -0.3 is 0 Å². The lowest BCUT2D eigenvalue weighted by Crippen LogP contribution is -2.04. The molecule has 0 saturated heterocycles. The lowest BCUT2D eigenvalue weighted by atomic mass is 9.92. The normalized spacial score (nSPS) is 12.3. The number of aromatic nitrogens is 2. The van der Waals surface area contributed by atoms with Gasteiger partial charge in [-0.15, -0.1) is 0 Å². The SMILES string of the molecule is CCCCC(CC)Cc1ccc(-n2ccnc2-c2ccc(C)cc2)cc1. The average molecular weight is 347 g/mol. The van der Waals surface area contributed by atoms with Crippen molar-refractivity contribution in [2.75, 3.05) is 0 Å². The van der Waals surface area contributed by atoms with Crippen LogP contribution in [-0.2, 0) is 6.42 Å². The second-order valence-corrected chi connectivity index (χ2v) is 7.27. The highest BCUT2D eigenvalue weighted by Crippen LogP contribution is 2.23. The molecule has 3 aromatic rings. The molecule has 3 rings (SSSR count). The Kier molecular flexibility index (Phi) is 6.27. The number of benzene rings is 2. The highest BCUT2D eigenvalue weighted by Gasteiger charge is 2.10. The Hall–Kier alpha value is -2.35. The van der Waals surface area contributed by atoms with Crippen molar-refractivity contribution in [3.8, 4) is 17.1 Å². The van der Waals surface area contributed by atoms with Crippen LogP contribution >= 0.6 is 0 Å². The molecule has 1 unspecified atom stereocenters. The number of rotatable bonds is 8. The molecule has 0 amide bonds. The molecule has 2 aromatic carbocycles. The molecule has 1 aromatic heterocycles. The van der Waals surface area contributed by atoms with Crippen LogP contribution in [0.3, 0.4) is 0 Å². The maximum Gasteiger partial charge on any atom is 0.144 e. The quantitative estimate of drug-likeness (QED) is 0.449. The second kappa shape index (κ2) is 8.84. The van der Waals surface area contributed by atoms with Crippen molar-refractivity contribution >= 4 is 0 Å². The summed E-state index contributed by atoms with van der Waals surface area (Å²) in [6.45, 7) is 6.70. The highest BCUT2D eigenvalue weighted by molar-refractivity contribution is 5.59. The second-order valence-electron chi connectivity index (χ2n) is 7.27. The number of imidazole rings is 1. The van der Waals surface area contributed by atoms with E-state index in [2.05, 4.69) is 78.9 Å². The fourth-order valence-electron chi connectivity index (χ4n) is 3.50. The minimum absolute atomic E-state index is 0.803. The van der Waals surface area contributed by atoms with E-state index < -0.39 is 0 Å². The first-order chi connectivity index (χ1) is 12.7. The van der Waals surface area contributed by atoms with Crippen molar-refractivity contribution in [3.63, 3.8) is 0 Å². The van der Waals surface area contributed by atoms with Crippen LogP contribution in [0, 0.1) is 12.8 Å². The number of unbranched alkanes of at least 4 members (excludes halogenated alkanes) is 1. The molecule has 0 spiro atoms. The topological polar surface area (TPSA) is 17.8 Å². The number of nitrogens with zero attached hydrogens (tertiary/aromatic N) is 2. The zero-order chi connectivity index (χ0) is 18.4. The summed E-state index contributed by atoms with van der Waals surface area (Å²) in [5.41, 5.74) is 5.03. The van der Waals surface area contributed by atoms with Gasteiger partial charge in [0.1, 0.15) is 5.82 Å². The number of aryl methyl sites for hydroxylation is 1. The minimum Gasteiger partial charge on any atom is -0.300 e. The van der Waals surface area contributed by atoms with E-state index in [0.29, 0.717) is 0 Å². The van der Waals surface area contributed by atoms with Gasteiger partial charge in [-0.25, -0.2) is 4.98 Å². The van der Waals surface area contributed by atoms with E-state index in [1.165, 1.54) is 48.9 Å². The van der Waals surface area contributed by atoms with Crippen molar-refractivity contribution < 1.29 is 0 Å². The summed E-state index contributed by atoms with van der Waals surface area (Å²) in [7, 11) is 0. The Morgan fingerprint density at radius 2 is 1.69 bits per heavy atom. The lowest BCUT2D eigenvalue weighted by Gasteiger charge is -2.15. The van der Waals surface area contributed by atoms with E-state index >= 15 is 0 Å². The fourth-order valence-corrected chi connectivity index (χ4v) is 3.50. The molecular formula is C24H30N2. The van der Waals surface area contributed by atoms with Crippen LogP contribution < -0.4 is 0 Å². The van der Waals surface area contributed by atoms with Crippen LogP contribution in [0.15, 0.2) is 60.9 Å². The van der Waals surface area contributed by atoms with Gasteiger partial charge in [-0.3, -0.25) is 4.57 Å². The monoisotopic (exact) mass is 346 g/mol. The Balaban J connectivity index is 1.77. The van der Waals surface area contributed by atoms with Crippen LogP contribution in [0.5, 0.6) is 0 Å². The van der Waals surface area contributed by atoms with E-state index in [4.69, 9.17) is 0 Å². The first-order valence-corrected chi connectivity index (χ1v) is 9.91. The molecule has 2 heteroatoms. The summed E-state index contributed by atoms with van der Waals surface area (Å²) in [6, 6.07) is 17.6. The average Bonchev–Trinajstić information content (AvgIpc) is 3.16. The van der Waals surface area contributed by atoms with Crippen molar-refractivity contribution in [1.29, 1.82) is 0 Å². The van der Waals surface area contributed by atoms with Crippen molar-refractivity contribution in [3.05, 3.63) is 72.1 Å². The maximum atomic E-state index is 4.57. The van der Waals surface area contributed by atoms with Gasteiger partial charge in [0.25, 0.3) is 0 Å². The molecule has 0 bridgehead atoms. The Morgan fingerprint density at radius 3 is 2.35 bits per heavy atom. The molecule has 136 valence electrons. The maximum absolute atomic E-state index is 4.57. The molecule has 0 saturated carbocycles. The standard InChI is InChI=1S/C24H30N2/c1-4-6-7-20(5-2)18-21-10-14-23(15-11-21)26-17-16-25-24(26)22-12-8-19(3)9-13-22/h8-17,20H,4-7,18H2,1-3H3. The summed E-state index contributed by atoms with van der Waals surface area (Å²) >= 11 is 0. The van der Waals surface area contributed by atoms with Gasteiger partial charge in [0.15, 0.2) is 0 Å². The minimum atomic E-state index is 0.803. The number of hydrogen-bond donors (Lipinski definition) is 0. The molecule has 0 fully saturated rings. The Labute approximate surface area is 157 Å². The lowest BCUT2D eigenvalue weighted by molar-refractivity contribution is 0.449. The Morgan fingerprint density at radius 1 is 0.962 bits per heavy atom. The van der Waals surface area contributed by atoms with E-state index in [9.17, 15) is 0 Å². The summed E-state index contributed by atoms with van der Waals surface area (Å²) in [4.78, 5) is 4.57. The third-order valence-corrected chi connectivity index (χ3v) is 5.23. The molecule has 0 aliphatic carbocycles. The van der Waals surface area contributed by atoms with E-state index in [1.54, 1.807) is 0 Å². The summed E-state index contributed by atoms with van der Waals surface area (Å²) < 4.78 is 2.17. The summed E-state index contributed by atoms with van der Waals surface area (Å²) in [6.07, 6.45) is 10.3. The first-order valence-electron chi connectivity index (χ1n) is 9.91. The van der Waals surface area contributed by atoms with E-state index in [-0.39, 0.29) is 0 Å². The molecule has 1 atom stereocenters. The van der Waals surface area contributed by atoms with Gasteiger partial charge in [-0.1, -0.05) is 81.5 Å². The zero-order valence-corrected chi connectivity index (χ0v) is 16.3. The largest absolute Gasteiger partial charge is 0.300 e. The van der Waals surface area contributed by atoms with Crippen molar-refractivity contribution in [1.82, 2.24) is 9.55 Å². The number of hydrogen-bond acceptors (Lipinski definition) is 1. The summed E-state index contributed by atoms with van der Waals surface area (Å²) in [5.74, 6) is 1.80. The van der Waals surface area contributed by atoms with Crippen molar-refractivity contribution in [2.45, 2.75) is 52.9 Å². The van der Waals surface area contributed by atoms with Crippen LogP contribution in [0.2, 0.25) is 0 Å². The van der Waals surface area contributed by atoms with E-state index in [1.807, 2.05) is 12.4 Å². The van der Waals surface area contributed by atoms with Crippen LogP contribution in [0.1, 0.15) is 50.7 Å². The zero-order valence-electron chi connectivity index (χ0n) is 16.3. The van der Waals surface area contributed by atoms with Crippen LogP contribution in [0.4, 0.5) is 0 Å². The fraction of sp³-hybridized carbons (Fsp3) is 0.375.